The van der Waals surface area contributed by atoms with Gasteiger partial charge in [0, 0.05) is 37.3 Å². The predicted octanol–water partition coefficient (Wildman–Crippen LogP) is 3.51. The molecule has 27 heavy (non-hydrogen) atoms. The third kappa shape index (κ3) is 4.95. The normalized spacial score (nSPS) is 12.7. The lowest BCUT2D eigenvalue weighted by Gasteiger charge is -2.12. The lowest BCUT2D eigenvalue weighted by atomic mass is 10.1. The minimum absolute atomic E-state index is 0.00333. The monoisotopic (exact) mass is 365 g/mol. The van der Waals surface area contributed by atoms with Crippen molar-refractivity contribution < 1.29 is 9.59 Å². The molecule has 1 aliphatic heterocycles. The first-order chi connectivity index (χ1) is 12.9. The number of anilines is 1. The molecular weight excluding hydrogens is 338 g/mol. The molecule has 3 rings (SSSR count). The Bertz CT molecular complexity index is 859. The van der Waals surface area contributed by atoms with Gasteiger partial charge < -0.3 is 16.0 Å². The molecule has 0 atom stereocenters. The minimum Gasteiger partial charge on any atom is -0.348 e. The number of hydrogen-bond donors (Lipinski definition) is 3. The molecule has 0 spiro atoms. The van der Waals surface area contributed by atoms with E-state index >= 15 is 0 Å². The fraction of sp³-hybridized carbons (Fsp3) is 0.364. The Morgan fingerprint density at radius 1 is 1.07 bits per heavy atom. The Hall–Kier alpha value is -2.66. The maximum atomic E-state index is 12.5. The highest BCUT2D eigenvalue weighted by atomic mass is 16.2. The molecule has 0 saturated heterocycles. The first kappa shape index (κ1) is 19.1. The second kappa shape index (κ2) is 8.35. The maximum Gasteiger partial charge on any atom is 0.251 e. The fourth-order valence-corrected chi connectivity index (χ4v) is 3.26. The summed E-state index contributed by atoms with van der Waals surface area (Å²) in [5.74, 6) is 0.193. The zero-order valence-electron chi connectivity index (χ0n) is 16.2. The highest BCUT2D eigenvalue weighted by molar-refractivity contribution is 5.96. The maximum absolute atomic E-state index is 12.5. The number of hydrogen-bond acceptors (Lipinski definition) is 3. The van der Waals surface area contributed by atoms with Crippen LogP contribution >= 0.6 is 0 Å². The van der Waals surface area contributed by atoms with E-state index in [0.717, 1.165) is 29.9 Å². The van der Waals surface area contributed by atoms with E-state index in [1.807, 2.05) is 26.8 Å². The second-order valence-corrected chi connectivity index (χ2v) is 7.57. The van der Waals surface area contributed by atoms with Crippen molar-refractivity contribution in [2.45, 2.75) is 46.8 Å². The number of carbonyl (C=O) groups is 2. The van der Waals surface area contributed by atoms with Crippen LogP contribution in [-0.4, -0.2) is 11.8 Å². The Labute approximate surface area is 160 Å². The average Bonchev–Trinajstić information content (AvgIpc) is 3.08. The van der Waals surface area contributed by atoms with Crippen molar-refractivity contribution in [2.75, 3.05) is 5.32 Å². The molecule has 0 radical (unpaired) electrons. The fourth-order valence-electron chi connectivity index (χ4n) is 3.26. The molecule has 2 aromatic carbocycles. The van der Waals surface area contributed by atoms with Gasteiger partial charge in [0.05, 0.1) is 0 Å². The van der Waals surface area contributed by atoms with Crippen molar-refractivity contribution in [1.82, 2.24) is 10.6 Å². The van der Waals surface area contributed by atoms with Crippen molar-refractivity contribution in [3.8, 4) is 0 Å². The molecule has 5 nitrogen and oxygen atoms in total. The Balaban J connectivity index is 1.60. The summed E-state index contributed by atoms with van der Waals surface area (Å²) in [6.45, 7) is 8.23. The molecule has 2 aromatic rings. The standard InChI is InChI=1S/C22H27N3O2/c1-14(2)8-21(26)25-20-7-6-17(9-15(20)3)22(27)24-11-16-4-5-18-12-23-13-19(18)10-16/h4-7,9-10,14,23H,8,11-13H2,1-3H3,(H,24,27)(H,25,26). The molecule has 0 aliphatic carbocycles. The van der Waals surface area contributed by atoms with E-state index in [0.29, 0.717) is 24.4 Å². The van der Waals surface area contributed by atoms with Crippen molar-refractivity contribution in [1.29, 1.82) is 0 Å². The van der Waals surface area contributed by atoms with Gasteiger partial charge >= 0.3 is 0 Å². The number of carbonyl (C=O) groups excluding carboxylic acids is 2. The molecule has 0 saturated carbocycles. The van der Waals surface area contributed by atoms with Crippen LogP contribution in [0.15, 0.2) is 36.4 Å². The van der Waals surface area contributed by atoms with Gasteiger partial charge in [-0.2, -0.15) is 0 Å². The molecule has 0 aromatic heterocycles. The Morgan fingerprint density at radius 2 is 1.85 bits per heavy atom. The van der Waals surface area contributed by atoms with Gasteiger partial charge in [0.15, 0.2) is 0 Å². The number of benzene rings is 2. The highest BCUT2D eigenvalue weighted by Gasteiger charge is 2.12. The second-order valence-electron chi connectivity index (χ2n) is 7.57. The van der Waals surface area contributed by atoms with Crippen molar-refractivity contribution in [3.63, 3.8) is 0 Å². The predicted molar refractivity (Wildman–Crippen MR) is 107 cm³/mol. The van der Waals surface area contributed by atoms with Crippen LogP contribution in [0, 0.1) is 12.8 Å². The molecule has 1 heterocycles. The van der Waals surface area contributed by atoms with Crippen LogP contribution in [0.5, 0.6) is 0 Å². The van der Waals surface area contributed by atoms with Crippen LogP contribution in [0.2, 0.25) is 0 Å². The zero-order valence-corrected chi connectivity index (χ0v) is 16.2. The summed E-state index contributed by atoms with van der Waals surface area (Å²) in [5.41, 5.74) is 5.96. The molecule has 142 valence electrons. The quantitative estimate of drug-likeness (QED) is 0.734. The highest BCUT2D eigenvalue weighted by Crippen LogP contribution is 2.19. The van der Waals surface area contributed by atoms with Crippen LogP contribution in [0.4, 0.5) is 5.69 Å². The summed E-state index contributed by atoms with van der Waals surface area (Å²) in [6, 6.07) is 11.7. The summed E-state index contributed by atoms with van der Waals surface area (Å²) in [4.78, 5) is 24.4. The summed E-state index contributed by atoms with van der Waals surface area (Å²) in [7, 11) is 0. The summed E-state index contributed by atoms with van der Waals surface area (Å²) >= 11 is 0. The van der Waals surface area contributed by atoms with Gasteiger partial charge in [-0.15, -0.1) is 0 Å². The van der Waals surface area contributed by atoms with Gasteiger partial charge in [0.1, 0.15) is 0 Å². The molecule has 1 aliphatic rings. The summed E-state index contributed by atoms with van der Waals surface area (Å²) in [6.07, 6.45) is 0.484. The summed E-state index contributed by atoms with van der Waals surface area (Å²) in [5, 5.41) is 9.21. The minimum atomic E-state index is -0.114. The van der Waals surface area contributed by atoms with E-state index in [1.54, 1.807) is 12.1 Å². The van der Waals surface area contributed by atoms with Gasteiger partial charge in [-0.3, -0.25) is 9.59 Å². The van der Waals surface area contributed by atoms with E-state index in [9.17, 15) is 9.59 Å². The molecular formula is C22H27N3O2. The number of rotatable bonds is 6. The van der Waals surface area contributed by atoms with E-state index < -0.39 is 0 Å². The van der Waals surface area contributed by atoms with Crippen LogP contribution in [0.1, 0.15) is 52.9 Å². The van der Waals surface area contributed by atoms with Gasteiger partial charge in [-0.1, -0.05) is 32.0 Å². The van der Waals surface area contributed by atoms with E-state index in [2.05, 4.69) is 34.1 Å². The van der Waals surface area contributed by atoms with E-state index in [4.69, 9.17) is 0 Å². The van der Waals surface area contributed by atoms with Gasteiger partial charge in [0.2, 0.25) is 5.91 Å². The first-order valence-corrected chi connectivity index (χ1v) is 9.42. The number of amides is 2. The number of fused-ring (bicyclic) bond motifs is 1. The molecule has 5 heteroatoms. The van der Waals surface area contributed by atoms with Crippen molar-refractivity contribution >= 4 is 17.5 Å². The Kier molecular flexibility index (Phi) is 5.91. The van der Waals surface area contributed by atoms with Crippen LogP contribution in [0.25, 0.3) is 0 Å². The third-order valence-corrected chi connectivity index (χ3v) is 4.71. The molecule has 3 N–H and O–H groups in total. The molecule has 0 unspecified atom stereocenters. The average molecular weight is 365 g/mol. The largest absolute Gasteiger partial charge is 0.348 e. The van der Waals surface area contributed by atoms with E-state index in [1.165, 1.54) is 11.1 Å². The lowest BCUT2D eigenvalue weighted by molar-refractivity contribution is -0.116. The zero-order chi connectivity index (χ0) is 19.4. The van der Waals surface area contributed by atoms with Gasteiger partial charge in [-0.25, -0.2) is 0 Å². The number of aryl methyl sites for hydroxylation is 1. The van der Waals surface area contributed by atoms with Crippen LogP contribution < -0.4 is 16.0 Å². The molecule has 0 fully saturated rings. The van der Waals surface area contributed by atoms with Gasteiger partial charge in [-0.05, 0) is 53.3 Å². The van der Waals surface area contributed by atoms with Crippen molar-refractivity contribution in [3.05, 3.63) is 64.2 Å². The van der Waals surface area contributed by atoms with Crippen molar-refractivity contribution in [2.24, 2.45) is 5.92 Å². The Morgan fingerprint density at radius 3 is 2.59 bits per heavy atom. The lowest BCUT2D eigenvalue weighted by Crippen LogP contribution is -2.23. The van der Waals surface area contributed by atoms with E-state index in [-0.39, 0.29) is 11.8 Å². The van der Waals surface area contributed by atoms with Crippen LogP contribution in [0.3, 0.4) is 0 Å². The smallest absolute Gasteiger partial charge is 0.251 e. The van der Waals surface area contributed by atoms with Gasteiger partial charge in [0.25, 0.3) is 5.91 Å². The number of nitrogens with one attached hydrogen (secondary N) is 3. The first-order valence-electron chi connectivity index (χ1n) is 9.42. The topological polar surface area (TPSA) is 70.2 Å². The SMILES string of the molecule is Cc1cc(C(=O)NCc2ccc3c(c2)CNC3)ccc1NC(=O)CC(C)C. The third-order valence-electron chi connectivity index (χ3n) is 4.71. The molecule has 0 bridgehead atoms. The van der Waals surface area contributed by atoms with Crippen LogP contribution in [-0.2, 0) is 24.4 Å². The summed E-state index contributed by atoms with van der Waals surface area (Å²) < 4.78 is 0. The molecule has 2 amide bonds.